The summed E-state index contributed by atoms with van der Waals surface area (Å²) in [6.07, 6.45) is 1.41. The van der Waals surface area contributed by atoms with Gasteiger partial charge in [-0.05, 0) is 36.6 Å². The van der Waals surface area contributed by atoms with Gasteiger partial charge in [0.25, 0.3) is 5.91 Å². The van der Waals surface area contributed by atoms with Gasteiger partial charge in [0.1, 0.15) is 5.75 Å². The fourth-order valence-corrected chi connectivity index (χ4v) is 1.51. The Kier molecular flexibility index (Phi) is 5.84. The first kappa shape index (κ1) is 14.2. The molecule has 0 unspecified atom stereocenters. The van der Waals surface area contributed by atoms with Gasteiger partial charge in [0.05, 0.1) is 5.56 Å². The molecule has 0 saturated carbocycles. The van der Waals surface area contributed by atoms with Crippen LogP contribution in [0, 0.1) is 0 Å². The fraction of sp³-hybridized carbons (Fsp3) is 0.364. The zero-order valence-corrected chi connectivity index (χ0v) is 10.4. The van der Waals surface area contributed by atoms with Crippen LogP contribution in [0.4, 0.5) is 0 Å². The molecule has 7 heteroatoms. The second kappa shape index (κ2) is 7.42. The van der Waals surface area contributed by atoms with E-state index in [4.69, 9.17) is 17.1 Å². The highest BCUT2D eigenvalue weighted by Crippen LogP contribution is 2.21. The van der Waals surface area contributed by atoms with Crippen molar-refractivity contribution in [1.82, 2.24) is 5.32 Å². The van der Waals surface area contributed by atoms with Crippen LogP contribution < -0.4 is 5.32 Å². The molecule has 0 aliphatic rings. The molecule has 1 amide bonds. The first-order valence-corrected chi connectivity index (χ1v) is 5.80. The standard InChI is InChI=1S/C11H13ClN4O2/c12-8-3-4-9(10(17)7-8)11(18)14-5-1-2-6-15-16-13/h3-4,7,17H,1-2,5-6H2,(H,14,18). The van der Waals surface area contributed by atoms with Gasteiger partial charge in [0, 0.05) is 23.0 Å². The van der Waals surface area contributed by atoms with Gasteiger partial charge in [0.15, 0.2) is 0 Å². The largest absolute Gasteiger partial charge is 0.507 e. The third-order valence-corrected chi connectivity index (χ3v) is 2.47. The Morgan fingerprint density at radius 3 is 2.94 bits per heavy atom. The summed E-state index contributed by atoms with van der Waals surface area (Å²) in [6, 6.07) is 4.32. The van der Waals surface area contributed by atoms with Crippen LogP contribution in [0.5, 0.6) is 5.75 Å². The Hall–Kier alpha value is -1.91. The molecule has 96 valence electrons. The monoisotopic (exact) mass is 268 g/mol. The molecule has 0 saturated heterocycles. The number of nitrogens with zero attached hydrogens (tertiary/aromatic N) is 3. The summed E-state index contributed by atoms with van der Waals surface area (Å²) in [4.78, 5) is 14.3. The Bertz CT molecular complexity index is 472. The number of nitrogens with one attached hydrogen (secondary N) is 1. The summed E-state index contributed by atoms with van der Waals surface area (Å²) < 4.78 is 0. The number of aromatic hydroxyl groups is 1. The van der Waals surface area contributed by atoms with E-state index >= 15 is 0 Å². The number of hydrogen-bond donors (Lipinski definition) is 2. The molecule has 0 radical (unpaired) electrons. The molecule has 0 bridgehead atoms. The average Bonchev–Trinajstić information content (AvgIpc) is 2.33. The zero-order valence-electron chi connectivity index (χ0n) is 9.64. The van der Waals surface area contributed by atoms with Crippen molar-refractivity contribution in [3.05, 3.63) is 39.2 Å². The van der Waals surface area contributed by atoms with Crippen LogP contribution in [0.1, 0.15) is 23.2 Å². The summed E-state index contributed by atoms with van der Waals surface area (Å²) in [5, 5.41) is 16.0. The number of halogens is 1. The van der Waals surface area contributed by atoms with Gasteiger partial charge in [-0.3, -0.25) is 4.79 Å². The van der Waals surface area contributed by atoms with Crippen LogP contribution >= 0.6 is 11.6 Å². The predicted molar refractivity (Wildman–Crippen MR) is 68.7 cm³/mol. The number of rotatable bonds is 6. The van der Waals surface area contributed by atoms with Gasteiger partial charge in [-0.2, -0.15) is 0 Å². The van der Waals surface area contributed by atoms with Crippen molar-refractivity contribution in [2.45, 2.75) is 12.8 Å². The highest BCUT2D eigenvalue weighted by Gasteiger charge is 2.10. The number of hydrogen-bond acceptors (Lipinski definition) is 3. The summed E-state index contributed by atoms with van der Waals surface area (Å²) in [7, 11) is 0. The topological polar surface area (TPSA) is 98.1 Å². The number of amides is 1. The number of benzene rings is 1. The van der Waals surface area contributed by atoms with Crippen LogP contribution in [0.15, 0.2) is 23.3 Å². The third-order valence-electron chi connectivity index (χ3n) is 2.24. The minimum atomic E-state index is -0.354. The lowest BCUT2D eigenvalue weighted by molar-refractivity contribution is 0.0950. The summed E-state index contributed by atoms with van der Waals surface area (Å²) in [5.74, 6) is -0.498. The first-order valence-electron chi connectivity index (χ1n) is 5.42. The van der Waals surface area contributed by atoms with Crippen molar-refractivity contribution in [3.63, 3.8) is 0 Å². The number of phenolic OH excluding ortho intramolecular Hbond substituents is 1. The lowest BCUT2D eigenvalue weighted by Crippen LogP contribution is -2.24. The van der Waals surface area contributed by atoms with Crippen molar-refractivity contribution in [2.24, 2.45) is 5.11 Å². The van der Waals surface area contributed by atoms with E-state index in [-0.39, 0.29) is 17.2 Å². The molecule has 0 aliphatic carbocycles. The molecule has 0 fully saturated rings. The van der Waals surface area contributed by atoms with Gasteiger partial charge in [0.2, 0.25) is 0 Å². The molecule has 0 heterocycles. The maximum absolute atomic E-state index is 11.7. The van der Waals surface area contributed by atoms with E-state index in [9.17, 15) is 9.90 Å². The van der Waals surface area contributed by atoms with Crippen molar-refractivity contribution in [2.75, 3.05) is 13.1 Å². The molecule has 1 aromatic rings. The summed E-state index contributed by atoms with van der Waals surface area (Å²) in [6.45, 7) is 0.875. The summed E-state index contributed by atoms with van der Waals surface area (Å²) >= 11 is 5.67. The molecule has 2 N–H and O–H groups in total. The van der Waals surface area contributed by atoms with E-state index in [0.29, 0.717) is 31.0 Å². The van der Waals surface area contributed by atoms with E-state index in [1.807, 2.05) is 0 Å². The van der Waals surface area contributed by atoms with E-state index in [1.54, 1.807) is 0 Å². The van der Waals surface area contributed by atoms with Crippen molar-refractivity contribution >= 4 is 17.5 Å². The summed E-state index contributed by atoms with van der Waals surface area (Å²) in [5.41, 5.74) is 8.25. The second-order valence-corrected chi connectivity index (χ2v) is 4.02. The van der Waals surface area contributed by atoms with Crippen molar-refractivity contribution in [1.29, 1.82) is 0 Å². The second-order valence-electron chi connectivity index (χ2n) is 3.58. The Morgan fingerprint density at radius 2 is 2.28 bits per heavy atom. The zero-order chi connectivity index (χ0) is 13.4. The number of carbonyl (C=O) groups excluding carboxylic acids is 1. The van der Waals surface area contributed by atoms with Gasteiger partial charge < -0.3 is 10.4 Å². The fourth-order valence-electron chi connectivity index (χ4n) is 1.35. The van der Waals surface area contributed by atoms with Crippen molar-refractivity contribution in [3.8, 4) is 5.75 Å². The van der Waals surface area contributed by atoms with Gasteiger partial charge >= 0.3 is 0 Å². The number of phenols is 1. The quantitative estimate of drug-likeness (QED) is 0.359. The van der Waals surface area contributed by atoms with Crippen LogP contribution in [-0.4, -0.2) is 24.1 Å². The Balaban J connectivity index is 2.38. The SMILES string of the molecule is [N-]=[N+]=NCCCCNC(=O)c1ccc(Cl)cc1O. The molecule has 18 heavy (non-hydrogen) atoms. The van der Waals surface area contributed by atoms with Gasteiger partial charge in [-0.1, -0.05) is 16.7 Å². The van der Waals surface area contributed by atoms with Crippen molar-refractivity contribution < 1.29 is 9.90 Å². The molecule has 1 aromatic carbocycles. The molecule has 0 aliphatic heterocycles. The lowest BCUT2D eigenvalue weighted by Gasteiger charge is -2.06. The molecule has 1 rings (SSSR count). The molecule has 0 atom stereocenters. The normalized spacial score (nSPS) is 9.61. The maximum atomic E-state index is 11.7. The maximum Gasteiger partial charge on any atom is 0.255 e. The highest BCUT2D eigenvalue weighted by atomic mass is 35.5. The number of azide groups is 1. The minimum Gasteiger partial charge on any atom is -0.507 e. The van der Waals surface area contributed by atoms with Gasteiger partial charge in [-0.25, -0.2) is 0 Å². The first-order chi connectivity index (χ1) is 8.65. The molecular weight excluding hydrogens is 256 g/mol. The molecule has 0 spiro atoms. The van der Waals surface area contributed by atoms with E-state index in [1.165, 1.54) is 18.2 Å². The Morgan fingerprint density at radius 1 is 1.50 bits per heavy atom. The third kappa shape index (κ3) is 4.53. The minimum absolute atomic E-state index is 0.144. The van der Waals surface area contributed by atoms with Crippen LogP contribution in [-0.2, 0) is 0 Å². The van der Waals surface area contributed by atoms with E-state index < -0.39 is 0 Å². The van der Waals surface area contributed by atoms with Crippen LogP contribution in [0.3, 0.4) is 0 Å². The predicted octanol–water partition coefficient (Wildman–Crippen LogP) is 2.87. The molecule has 0 aromatic heterocycles. The van der Waals surface area contributed by atoms with Gasteiger partial charge in [-0.15, -0.1) is 0 Å². The van der Waals surface area contributed by atoms with E-state index in [2.05, 4.69) is 15.3 Å². The molecular formula is C11H13ClN4O2. The average molecular weight is 269 g/mol. The highest BCUT2D eigenvalue weighted by molar-refractivity contribution is 6.30. The smallest absolute Gasteiger partial charge is 0.255 e. The molecule has 6 nitrogen and oxygen atoms in total. The lowest BCUT2D eigenvalue weighted by atomic mass is 10.2. The van der Waals surface area contributed by atoms with Crippen LogP contribution in [0.25, 0.3) is 10.4 Å². The number of unbranched alkanes of at least 4 members (excludes halogenated alkanes) is 1. The van der Waals surface area contributed by atoms with Crippen LogP contribution in [0.2, 0.25) is 5.02 Å². The Labute approximate surface area is 109 Å². The number of carbonyl (C=O) groups is 1. The van der Waals surface area contributed by atoms with E-state index in [0.717, 1.165) is 0 Å².